The Labute approximate surface area is 154 Å². The monoisotopic (exact) mass is 407 g/mol. The van der Waals surface area contributed by atoms with Gasteiger partial charge in [0.1, 0.15) is 5.75 Å². The van der Waals surface area contributed by atoms with E-state index in [0.29, 0.717) is 6.61 Å². The summed E-state index contributed by atoms with van der Waals surface area (Å²) >= 11 is 3.49. The Kier molecular flexibility index (Phi) is 7.21. The molecule has 0 spiro atoms. The molecule has 0 unspecified atom stereocenters. The molecule has 1 aromatic carbocycles. The maximum atomic E-state index is 5.46. The summed E-state index contributed by atoms with van der Waals surface area (Å²) in [4.78, 5) is 2.14. The third kappa shape index (κ3) is 3.84. The average molecular weight is 408 g/mol. The van der Waals surface area contributed by atoms with Crippen LogP contribution in [0.5, 0.6) is 5.75 Å². The number of nitrogens with zero attached hydrogens (tertiary/aromatic N) is 1. The Morgan fingerprint density at radius 1 is 1.25 bits per heavy atom. The van der Waals surface area contributed by atoms with Crippen molar-refractivity contribution in [2.75, 3.05) is 13.2 Å². The van der Waals surface area contributed by atoms with Crippen molar-refractivity contribution in [1.29, 1.82) is 0 Å². The fourth-order valence-corrected chi connectivity index (χ4v) is 2.35. The molecule has 4 heteroatoms. The third-order valence-electron chi connectivity index (χ3n) is 2.96. The largest absolute Gasteiger partial charge is 0.494 e. The summed E-state index contributed by atoms with van der Waals surface area (Å²) in [6, 6.07) is 8.07. The number of likely N-dealkylation sites (N-methyl/N-ethyl adjacent to an activating group) is 1. The molecule has 1 aliphatic heterocycles. The van der Waals surface area contributed by atoms with Crippen molar-refractivity contribution in [2.45, 2.75) is 13.8 Å². The number of allylic oxidation sites excluding steroid dienone is 3. The average Bonchev–Trinajstić information content (AvgIpc) is 2.43. The van der Waals surface area contributed by atoms with E-state index in [1.165, 1.54) is 0 Å². The molecule has 20 heavy (non-hydrogen) atoms. The number of halogens is 1. The number of hydrogen-bond acceptors (Lipinski definition) is 2. The zero-order chi connectivity index (χ0) is 13.8. The fourth-order valence-electron chi connectivity index (χ4n) is 2.02. The van der Waals surface area contributed by atoms with Crippen LogP contribution in [0.15, 0.2) is 47.1 Å². The minimum atomic E-state index is 0. The van der Waals surface area contributed by atoms with Gasteiger partial charge in [0.15, 0.2) is 0 Å². The first-order chi connectivity index (χ1) is 9.17. The van der Waals surface area contributed by atoms with Crippen LogP contribution < -0.4 is 4.74 Å². The molecule has 0 amide bonds. The van der Waals surface area contributed by atoms with E-state index in [1.54, 1.807) is 0 Å². The first kappa shape index (κ1) is 17.7. The molecular weight excluding hydrogens is 391 g/mol. The minimum absolute atomic E-state index is 0. The van der Waals surface area contributed by atoms with Crippen LogP contribution in [0.25, 0.3) is 5.70 Å². The van der Waals surface area contributed by atoms with Crippen molar-refractivity contribution in [3.05, 3.63) is 58.7 Å². The van der Waals surface area contributed by atoms with Gasteiger partial charge in [-0.25, -0.2) is 0 Å². The predicted molar refractivity (Wildman–Crippen MR) is 82.8 cm³/mol. The van der Waals surface area contributed by atoms with Crippen LogP contribution in [0.1, 0.15) is 19.4 Å². The number of benzene rings is 1. The second kappa shape index (κ2) is 8.16. The van der Waals surface area contributed by atoms with Crippen molar-refractivity contribution < 1.29 is 37.4 Å². The van der Waals surface area contributed by atoms with Gasteiger partial charge >= 0.3 is 0 Å². The van der Waals surface area contributed by atoms with E-state index in [1.807, 2.05) is 25.1 Å². The van der Waals surface area contributed by atoms with Gasteiger partial charge in [0, 0.05) is 39.3 Å². The number of ether oxygens (including phenoxy) is 1. The van der Waals surface area contributed by atoms with Gasteiger partial charge in [0.2, 0.25) is 0 Å². The normalized spacial score (nSPS) is 14.3. The molecule has 103 valence electrons. The Hall–Kier alpha value is -0.376. The maximum Gasteiger partial charge on any atom is 0.117 e. The van der Waals surface area contributed by atoms with Gasteiger partial charge in [-0.2, -0.15) is 12.2 Å². The van der Waals surface area contributed by atoms with Crippen molar-refractivity contribution >= 4 is 21.6 Å². The number of rotatable bonds is 4. The fraction of sp³-hybridized carbons (Fsp3) is 0.250. The summed E-state index contributed by atoms with van der Waals surface area (Å²) in [7, 11) is 0. The van der Waals surface area contributed by atoms with E-state index in [9.17, 15) is 0 Å². The van der Waals surface area contributed by atoms with E-state index < -0.39 is 0 Å². The summed E-state index contributed by atoms with van der Waals surface area (Å²) in [5.41, 5.74) is 3.12. The molecule has 2 rings (SSSR count). The van der Waals surface area contributed by atoms with Gasteiger partial charge in [-0.05, 0) is 31.7 Å². The van der Waals surface area contributed by atoms with Crippen LogP contribution in [0, 0.1) is 6.08 Å². The molecule has 0 N–H and O–H groups in total. The quantitative estimate of drug-likeness (QED) is 0.687. The zero-order valence-corrected chi connectivity index (χ0v) is 16.2. The van der Waals surface area contributed by atoms with Crippen LogP contribution in [-0.4, -0.2) is 18.1 Å². The topological polar surface area (TPSA) is 12.5 Å². The molecule has 0 bridgehead atoms. The van der Waals surface area contributed by atoms with Crippen molar-refractivity contribution in [1.82, 2.24) is 4.90 Å². The van der Waals surface area contributed by atoms with Gasteiger partial charge in [0.05, 0.1) is 6.61 Å². The summed E-state index contributed by atoms with van der Waals surface area (Å²) in [5, 5.41) is 0. The molecule has 0 saturated carbocycles. The summed E-state index contributed by atoms with van der Waals surface area (Å²) in [6.45, 7) is 9.72. The van der Waals surface area contributed by atoms with Crippen LogP contribution in [0.3, 0.4) is 0 Å². The third-order valence-corrected chi connectivity index (χ3v) is 3.65. The van der Waals surface area contributed by atoms with Gasteiger partial charge in [-0.3, -0.25) is 0 Å². The van der Waals surface area contributed by atoms with Gasteiger partial charge in [-0.1, -0.05) is 22.3 Å². The summed E-state index contributed by atoms with van der Waals surface area (Å²) < 4.78 is 6.44. The minimum Gasteiger partial charge on any atom is -0.494 e. The molecule has 2 nitrogen and oxygen atoms in total. The first-order valence-electron chi connectivity index (χ1n) is 6.36. The van der Waals surface area contributed by atoms with E-state index in [2.05, 4.69) is 52.5 Å². The molecule has 0 fully saturated rings. The Morgan fingerprint density at radius 2 is 1.90 bits per heavy atom. The van der Waals surface area contributed by atoms with E-state index >= 15 is 0 Å². The second-order valence-electron chi connectivity index (χ2n) is 4.13. The zero-order valence-electron chi connectivity index (χ0n) is 11.8. The SMILES string of the molecule is C=C1C(Br)=C[C-]=C(c2ccc(OCC)cc2)N1CC.[Y]. The Morgan fingerprint density at radius 3 is 2.45 bits per heavy atom. The molecule has 0 aromatic heterocycles. The van der Waals surface area contributed by atoms with E-state index in [4.69, 9.17) is 4.74 Å². The second-order valence-corrected chi connectivity index (χ2v) is 4.99. The molecular formula is C16H17BrNOY-. The molecule has 0 aliphatic carbocycles. The molecule has 1 heterocycles. The standard InChI is InChI=1S/C16H17BrNO.Y/c1-4-18-12(3)15(17)10-11-16(18)13-6-8-14(9-7-13)19-5-2;/h6-10H,3-5H2,1-2H3;/q-1;. The predicted octanol–water partition coefficient (Wildman–Crippen LogP) is 4.35. The van der Waals surface area contributed by atoms with E-state index in [-0.39, 0.29) is 32.7 Å². The van der Waals surface area contributed by atoms with Crippen LogP contribution in [0.4, 0.5) is 0 Å². The molecule has 1 radical (unpaired) electrons. The molecule has 1 aliphatic rings. The maximum absolute atomic E-state index is 5.46. The van der Waals surface area contributed by atoms with Crippen LogP contribution in [0.2, 0.25) is 0 Å². The van der Waals surface area contributed by atoms with Gasteiger partial charge < -0.3 is 9.64 Å². The van der Waals surface area contributed by atoms with Crippen molar-refractivity contribution in [3.63, 3.8) is 0 Å². The molecule has 0 saturated heterocycles. The molecule has 1 aromatic rings. The molecule has 0 atom stereocenters. The van der Waals surface area contributed by atoms with Gasteiger partial charge in [0.25, 0.3) is 0 Å². The Bertz CT molecular complexity index is 534. The van der Waals surface area contributed by atoms with Crippen LogP contribution >= 0.6 is 15.9 Å². The summed E-state index contributed by atoms with van der Waals surface area (Å²) in [6.07, 6.45) is 5.22. The smallest absolute Gasteiger partial charge is 0.117 e. The van der Waals surface area contributed by atoms with Crippen molar-refractivity contribution in [3.8, 4) is 5.75 Å². The first-order valence-corrected chi connectivity index (χ1v) is 7.15. The van der Waals surface area contributed by atoms with E-state index in [0.717, 1.165) is 33.7 Å². The Balaban J connectivity index is 0.00000200. The van der Waals surface area contributed by atoms with Crippen molar-refractivity contribution in [2.24, 2.45) is 0 Å². The van der Waals surface area contributed by atoms with Gasteiger partial charge in [-0.15, -0.1) is 28.1 Å². The summed E-state index contributed by atoms with van der Waals surface area (Å²) in [5.74, 6) is 0.890. The number of hydrogen-bond donors (Lipinski definition) is 0. The van der Waals surface area contributed by atoms with Crippen LogP contribution in [-0.2, 0) is 32.7 Å².